The number of likely N-dealkylation sites (N-methyl/N-ethyl adjacent to an activating group) is 1. The Balaban J connectivity index is 1.52. The first kappa shape index (κ1) is 16.0. The van der Waals surface area contributed by atoms with Gasteiger partial charge in [0.25, 0.3) is 5.56 Å². The van der Waals surface area contributed by atoms with Crippen molar-refractivity contribution in [2.75, 3.05) is 13.6 Å². The first-order valence-electron chi connectivity index (χ1n) is 7.81. The van der Waals surface area contributed by atoms with Gasteiger partial charge in [-0.25, -0.2) is 4.79 Å². The van der Waals surface area contributed by atoms with E-state index in [0.29, 0.717) is 6.54 Å². The number of aromatic amines is 1. The van der Waals surface area contributed by atoms with E-state index in [0.717, 1.165) is 17.7 Å². The molecule has 1 aliphatic rings. The normalized spacial score (nSPS) is 15.6. The number of nitrogens with zero attached hydrogens (tertiary/aromatic N) is 2. The van der Waals surface area contributed by atoms with Gasteiger partial charge in [0.05, 0.1) is 6.54 Å². The van der Waals surface area contributed by atoms with Crippen LogP contribution in [-0.4, -0.2) is 40.1 Å². The van der Waals surface area contributed by atoms with Crippen LogP contribution in [0.15, 0.2) is 46.1 Å². The monoisotopic (exact) mass is 329 g/mol. The van der Waals surface area contributed by atoms with Gasteiger partial charge in [-0.3, -0.25) is 14.6 Å². The summed E-state index contributed by atoms with van der Waals surface area (Å²) in [5.41, 5.74) is 0.202. The van der Waals surface area contributed by atoms with Gasteiger partial charge in [-0.05, 0) is 11.6 Å². The van der Waals surface area contributed by atoms with Crippen LogP contribution in [0.3, 0.4) is 0 Å². The molecule has 1 unspecified atom stereocenters. The summed E-state index contributed by atoms with van der Waals surface area (Å²) < 4.78 is 7.15. The number of para-hydroxylation sites is 1. The maximum atomic E-state index is 12.2. The number of rotatable bonds is 5. The minimum absolute atomic E-state index is 0.0489. The summed E-state index contributed by atoms with van der Waals surface area (Å²) in [4.78, 5) is 38.6. The molecule has 0 aliphatic carbocycles. The summed E-state index contributed by atoms with van der Waals surface area (Å²) in [5, 5.41) is 0. The highest BCUT2D eigenvalue weighted by Crippen LogP contribution is 2.28. The van der Waals surface area contributed by atoms with Gasteiger partial charge >= 0.3 is 5.69 Å². The predicted octanol–water partition coefficient (Wildman–Crippen LogP) is 0.389. The second-order valence-electron chi connectivity index (χ2n) is 5.88. The molecule has 1 atom stereocenters. The van der Waals surface area contributed by atoms with Crippen molar-refractivity contribution in [2.24, 2.45) is 0 Å². The van der Waals surface area contributed by atoms with Crippen molar-refractivity contribution in [3.05, 3.63) is 62.9 Å². The molecule has 7 heteroatoms. The second-order valence-corrected chi connectivity index (χ2v) is 5.88. The summed E-state index contributed by atoms with van der Waals surface area (Å²) >= 11 is 0. The standard InChI is InChI=1S/C17H19N3O4/c1-19(11-13-10-12-4-2-3-5-14(12)24-13)16(22)7-9-20-8-6-15(21)18-17(20)23/h2-6,8,13H,7,9-11H2,1H3,(H,18,21,23). The number of carbonyl (C=O) groups is 1. The van der Waals surface area contributed by atoms with Gasteiger partial charge in [-0.1, -0.05) is 18.2 Å². The molecule has 2 heterocycles. The number of H-pyrrole nitrogens is 1. The Morgan fingerprint density at radius 2 is 2.12 bits per heavy atom. The van der Waals surface area contributed by atoms with Crippen molar-refractivity contribution in [3.8, 4) is 5.75 Å². The number of aromatic nitrogens is 2. The lowest BCUT2D eigenvalue weighted by Gasteiger charge is -2.21. The molecular formula is C17H19N3O4. The fourth-order valence-electron chi connectivity index (χ4n) is 2.79. The summed E-state index contributed by atoms with van der Waals surface area (Å²) in [6.45, 7) is 0.721. The van der Waals surface area contributed by atoms with E-state index in [2.05, 4.69) is 4.98 Å². The number of carbonyl (C=O) groups excluding carboxylic acids is 1. The van der Waals surface area contributed by atoms with Crippen molar-refractivity contribution in [1.29, 1.82) is 0 Å². The summed E-state index contributed by atoms with van der Waals surface area (Å²) in [6, 6.07) is 9.12. The molecule has 0 fully saturated rings. The van der Waals surface area contributed by atoms with E-state index in [9.17, 15) is 14.4 Å². The van der Waals surface area contributed by atoms with Gasteiger partial charge in [0.2, 0.25) is 5.91 Å². The molecule has 0 saturated carbocycles. The molecule has 1 aromatic carbocycles. The van der Waals surface area contributed by atoms with E-state index in [1.165, 1.54) is 16.8 Å². The summed E-state index contributed by atoms with van der Waals surface area (Å²) in [5.74, 6) is 0.802. The lowest BCUT2D eigenvalue weighted by atomic mass is 10.1. The van der Waals surface area contributed by atoms with Crippen molar-refractivity contribution in [2.45, 2.75) is 25.5 Å². The number of benzene rings is 1. The molecular weight excluding hydrogens is 310 g/mol. The first-order valence-corrected chi connectivity index (χ1v) is 7.81. The maximum absolute atomic E-state index is 12.2. The molecule has 0 saturated heterocycles. The molecule has 126 valence electrons. The second kappa shape index (κ2) is 6.74. The summed E-state index contributed by atoms with van der Waals surface area (Å²) in [6.07, 6.45) is 2.31. The maximum Gasteiger partial charge on any atom is 0.328 e. The summed E-state index contributed by atoms with van der Waals surface area (Å²) in [7, 11) is 1.73. The fraction of sp³-hybridized carbons (Fsp3) is 0.353. The average molecular weight is 329 g/mol. The van der Waals surface area contributed by atoms with Crippen LogP contribution in [0.4, 0.5) is 0 Å². The Bertz CT molecular complexity index is 830. The molecule has 7 nitrogen and oxygen atoms in total. The molecule has 2 aromatic rings. The van der Waals surface area contributed by atoms with Crippen molar-refractivity contribution < 1.29 is 9.53 Å². The zero-order chi connectivity index (χ0) is 17.1. The van der Waals surface area contributed by atoms with Crippen LogP contribution in [0.2, 0.25) is 0 Å². The van der Waals surface area contributed by atoms with E-state index in [-0.39, 0.29) is 25.0 Å². The third kappa shape index (κ3) is 3.56. The number of amides is 1. The fourth-order valence-corrected chi connectivity index (χ4v) is 2.79. The SMILES string of the molecule is CN(CC1Cc2ccccc2O1)C(=O)CCn1ccc(=O)[nH]c1=O. The Morgan fingerprint density at radius 1 is 1.33 bits per heavy atom. The highest BCUT2D eigenvalue weighted by molar-refractivity contribution is 5.75. The molecule has 1 aliphatic heterocycles. The number of aryl methyl sites for hydroxylation is 1. The van der Waals surface area contributed by atoms with Gasteiger partial charge in [0, 0.05) is 38.7 Å². The van der Waals surface area contributed by atoms with Crippen LogP contribution in [0.5, 0.6) is 5.75 Å². The highest BCUT2D eigenvalue weighted by Gasteiger charge is 2.24. The van der Waals surface area contributed by atoms with Crippen molar-refractivity contribution in [3.63, 3.8) is 0 Å². The largest absolute Gasteiger partial charge is 0.488 e. The Labute approximate surface area is 138 Å². The number of hydrogen-bond donors (Lipinski definition) is 1. The zero-order valence-electron chi connectivity index (χ0n) is 13.4. The van der Waals surface area contributed by atoms with Crippen LogP contribution in [0.1, 0.15) is 12.0 Å². The number of ether oxygens (including phenoxy) is 1. The minimum atomic E-state index is -0.507. The number of hydrogen-bond acceptors (Lipinski definition) is 4. The smallest absolute Gasteiger partial charge is 0.328 e. The molecule has 24 heavy (non-hydrogen) atoms. The van der Waals surface area contributed by atoms with E-state index >= 15 is 0 Å². The van der Waals surface area contributed by atoms with Crippen LogP contribution < -0.4 is 16.0 Å². The highest BCUT2D eigenvalue weighted by atomic mass is 16.5. The van der Waals surface area contributed by atoms with E-state index in [1.807, 2.05) is 24.3 Å². The molecule has 0 bridgehead atoms. The third-order valence-corrected chi connectivity index (χ3v) is 4.08. The quantitative estimate of drug-likeness (QED) is 0.860. The van der Waals surface area contributed by atoms with Gasteiger partial charge in [0.15, 0.2) is 0 Å². The lowest BCUT2D eigenvalue weighted by Crippen LogP contribution is -2.37. The van der Waals surface area contributed by atoms with Gasteiger partial charge in [0.1, 0.15) is 11.9 Å². The van der Waals surface area contributed by atoms with Crippen LogP contribution >= 0.6 is 0 Å². The van der Waals surface area contributed by atoms with E-state index in [4.69, 9.17) is 4.74 Å². The third-order valence-electron chi connectivity index (χ3n) is 4.08. The Kier molecular flexibility index (Phi) is 4.50. The van der Waals surface area contributed by atoms with Crippen LogP contribution in [-0.2, 0) is 17.8 Å². The first-order chi connectivity index (χ1) is 11.5. The molecule has 1 amide bonds. The number of fused-ring (bicyclic) bond motifs is 1. The Hall–Kier alpha value is -2.83. The van der Waals surface area contributed by atoms with E-state index < -0.39 is 11.2 Å². The lowest BCUT2D eigenvalue weighted by molar-refractivity contribution is -0.131. The predicted molar refractivity (Wildman–Crippen MR) is 88.1 cm³/mol. The van der Waals surface area contributed by atoms with Crippen molar-refractivity contribution in [1.82, 2.24) is 14.5 Å². The van der Waals surface area contributed by atoms with Gasteiger partial charge in [-0.15, -0.1) is 0 Å². The molecule has 0 spiro atoms. The Morgan fingerprint density at radius 3 is 2.88 bits per heavy atom. The number of nitrogens with one attached hydrogen (secondary N) is 1. The molecule has 1 N–H and O–H groups in total. The van der Waals surface area contributed by atoms with Gasteiger partial charge in [-0.2, -0.15) is 0 Å². The molecule has 1 aromatic heterocycles. The molecule has 3 rings (SSSR count). The van der Waals surface area contributed by atoms with Crippen LogP contribution in [0, 0.1) is 0 Å². The van der Waals surface area contributed by atoms with Crippen molar-refractivity contribution >= 4 is 5.91 Å². The minimum Gasteiger partial charge on any atom is -0.488 e. The topological polar surface area (TPSA) is 84.4 Å². The van der Waals surface area contributed by atoms with Crippen LogP contribution in [0.25, 0.3) is 0 Å². The van der Waals surface area contributed by atoms with E-state index in [1.54, 1.807) is 11.9 Å². The average Bonchev–Trinajstić information content (AvgIpc) is 2.95. The molecule has 0 radical (unpaired) electrons. The van der Waals surface area contributed by atoms with Gasteiger partial charge < -0.3 is 14.2 Å². The zero-order valence-corrected chi connectivity index (χ0v) is 13.4.